The number of hydrogen-bond donors (Lipinski definition) is 1. The van der Waals surface area contributed by atoms with Crippen molar-refractivity contribution in [2.24, 2.45) is 11.8 Å². The van der Waals surface area contributed by atoms with Crippen molar-refractivity contribution in [1.82, 2.24) is 0 Å². The first kappa shape index (κ1) is 9.70. The van der Waals surface area contributed by atoms with Crippen LogP contribution in [0.5, 0.6) is 0 Å². The van der Waals surface area contributed by atoms with Gasteiger partial charge in [-0.1, -0.05) is 13.8 Å². The fourth-order valence-corrected chi connectivity index (χ4v) is 2.33. The maximum Gasteiger partial charge on any atom is -0.00317 e. The molecule has 0 rings (SSSR count). The molecule has 0 heterocycles. The lowest BCUT2D eigenvalue weighted by atomic mass is 10.0. The normalized spacial score (nSPS) is 14.3. The Balaban J connectivity index is 3.41. The van der Waals surface area contributed by atoms with Gasteiger partial charge in [0.1, 0.15) is 0 Å². The number of thiol groups is 1. The topological polar surface area (TPSA) is 0 Å². The lowest BCUT2D eigenvalue weighted by Gasteiger charge is -2.16. The molecule has 0 radical (unpaired) electrons. The number of hydrogen-bond acceptors (Lipinski definition) is 2. The Morgan fingerprint density at radius 2 is 2.00 bits per heavy atom. The Hall–Kier alpha value is 0.700. The number of thioether (sulfide) groups is 1. The SMILES string of the molecule is CSCC(CS)C(C)C. The van der Waals surface area contributed by atoms with E-state index >= 15 is 0 Å². The molecule has 0 aromatic carbocycles. The standard InChI is InChI=1S/C7H16S2/c1-6(2)7(4-8)5-9-3/h6-8H,4-5H2,1-3H3. The van der Waals surface area contributed by atoms with E-state index in [1.165, 1.54) is 5.75 Å². The predicted molar refractivity (Wildman–Crippen MR) is 50.6 cm³/mol. The second-order valence-electron chi connectivity index (χ2n) is 2.64. The van der Waals surface area contributed by atoms with Crippen LogP contribution in [0.25, 0.3) is 0 Å². The van der Waals surface area contributed by atoms with Crippen molar-refractivity contribution in [2.75, 3.05) is 17.8 Å². The molecule has 0 aromatic heterocycles. The summed E-state index contributed by atoms with van der Waals surface area (Å²) < 4.78 is 0. The van der Waals surface area contributed by atoms with Crippen LogP contribution < -0.4 is 0 Å². The second-order valence-corrected chi connectivity index (χ2v) is 3.92. The van der Waals surface area contributed by atoms with Crippen molar-refractivity contribution in [3.63, 3.8) is 0 Å². The monoisotopic (exact) mass is 164 g/mol. The van der Waals surface area contributed by atoms with Crippen LogP contribution in [-0.4, -0.2) is 17.8 Å². The van der Waals surface area contributed by atoms with Crippen molar-refractivity contribution >= 4 is 24.4 Å². The van der Waals surface area contributed by atoms with Crippen LogP contribution in [0.1, 0.15) is 13.8 Å². The first-order valence-electron chi connectivity index (χ1n) is 3.32. The van der Waals surface area contributed by atoms with Crippen LogP contribution in [-0.2, 0) is 0 Å². The first-order valence-corrected chi connectivity index (χ1v) is 5.34. The number of rotatable bonds is 4. The maximum absolute atomic E-state index is 4.28. The fraction of sp³-hybridized carbons (Fsp3) is 1.00. The van der Waals surface area contributed by atoms with Crippen LogP contribution in [0.4, 0.5) is 0 Å². The smallest absolute Gasteiger partial charge is 0.00317 e. The molecule has 0 nitrogen and oxygen atoms in total. The summed E-state index contributed by atoms with van der Waals surface area (Å²) in [6.45, 7) is 4.52. The molecule has 0 aromatic rings. The molecular formula is C7H16S2. The zero-order valence-electron chi connectivity index (χ0n) is 6.42. The lowest BCUT2D eigenvalue weighted by molar-refractivity contribution is 0.473. The van der Waals surface area contributed by atoms with Gasteiger partial charge in [-0.25, -0.2) is 0 Å². The zero-order chi connectivity index (χ0) is 7.28. The molecule has 0 aliphatic carbocycles. The summed E-state index contributed by atoms with van der Waals surface area (Å²) in [6, 6.07) is 0. The average Bonchev–Trinajstić information content (AvgIpc) is 1.82. The third kappa shape index (κ3) is 4.15. The third-order valence-corrected chi connectivity index (χ3v) is 2.79. The van der Waals surface area contributed by atoms with Gasteiger partial charge >= 0.3 is 0 Å². The maximum atomic E-state index is 4.28. The quantitative estimate of drug-likeness (QED) is 0.623. The molecule has 0 saturated carbocycles. The fourth-order valence-electron chi connectivity index (χ4n) is 0.670. The molecule has 0 aliphatic rings. The van der Waals surface area contributed by atoms with Crippen molar-refractivity contribution < 1.29 is 0 Å². The summed E-state index contributed by atoms with van der Waals surface area (Å²) in [4.78, 5) is 0. The summed E-state index contributed by atoms with van der Waals surface area (Å²) in [6.07, 6.45) is 2.15. The van der Waals surface area contributed by atoms with E-state index in [-0.39, 0.29) is 0 Å². The van der Waals surface area contributed by atoms with E-state index in [0.29, 0.717) is 0 Å². The van der Waals surface area contributed by atoms with E-state index in [9.17, 15) is 0 Å². The largest absolute Gasteiger partial charge is 0.179 e. The molecule has 56 valence electrons. The van der Waals surface area contributed by atoms with Crippen LogP contribution in [0.15, 0.2) is 0 Å². The summed E-state index contributed by atoms with van der Waals surface area (Å²) in [5.74, 6) is 3.86. The predicted octanol–water partition coefficient (Wildman–Crippen LogP) is 2.55. The molecule has 0 N–H and O–H groups in total. The minimum absolute atomic E-state index is 0.787. The summed E-state index contributed by atoms with van der Waals surface area (Å²) in [5, 5.41) is 0. The van der Waals surface area contributed by atoms with Crippen LogP contribution in [0.2, 0.25) is 0 Å². The van der Waals surface area contributed by atoms with E-state index in [2.05, 4.69) is 32.7 Å². The Morgan fingerprint density at radius 3 is 2.11 bits per heavy atom. The van der Waals surface area contributed by atoms with Crippen molar-refractivity contribution in [2.45, 2.75) is 13.8 Å². The van der Waals surface area contributed by atoms with Gasteiger partial charge in [0.2, 0.25) is 0 Å². The van der Waals surface area contributed by atoms with Gasteiger partial charge in [0.25, 0.3) is 0 Å². The van der Waals surface area contributed by atoms with E-state index in [4.69, 9.17) is 0 Å². The summed E-state index contributed by atoms with van der Waals surface area (Å²) >= 11 is 6.19. The average molecular weight is 164 g/mol. The summed E-state index contributed by atoms with van der Waals surface area (Å²) in [5.41, 5.74) is 0. The Morgan fingerprint density at radius 1 is 1.44 bits per heavy atom. The van der Waals surface area contributed by atoms with E-state index < -0.39 is 0 Å². The highest BCUT2D eigenvalue weighted by Crippen LogP contribution is 2.16. The molecule has 1 unspecified atom stereocenters. The van der Waals surface area contributed by atoms with Gasteiger partial charge in [-0.2, -0.15) is 24.4 Å². The van der Waals surface area contributed by atoms with Crippen molar-refractivity contribution in [3.05, 3.63) is 0 Å². The molecule has 2 heteroatoms. The van der Waals surface area contributed by atoms with Gasteiger partial charge in [-0.15, -0.1) is 0 Å². The molecule has 0 fully saturated rings. The molecule has 1 atom stereocenters. The van der Waals surface area contributed by atoms with Gasteiger partial charge in [-0.3, -0.25) is 0 Å². The Labute approximate surface area is 68.2 Å². The molecule has 9 heavy (non-hydrogen) atoms. The van der Waals surface area contributed by atoms with Gasteiger partial charge in [0.15, 0.2) is 0 Å². The minimum Gasteiger partial charge on any atom is -0.179 e. The van der Waals surface area contributed by atoms with Gasteiger partial charge < -0.3 is 0 Å². The highest BCUT2D eigenvalue weighted by atomic mass is 32.2. The molecule has 0 amide bonds. The molecule has 0 spiro atoms. The molecule has 0 aliphatic heterocycles. The second kappa shape index (κ2) is 5.48. The van der Waals surface area contributed by atoms with Gasteiger partial charge in [0, 0.05) is 0 Å². The van der Waals surface area contributed by atoms with Crippen LogP contribution in [0.3, 0.4) is 0 Å². The highest BCUT2D eigenvalue weighted by Gasteiger charge is 2.09. The van der Waals surface area contributed by atoms with Gasteiger partial charge in [-0.05, 0) is 29.6 Å². The van der Waals surface area contributed by atoms with Crippen LogP contribution in [0, 0.1) is 11.8 Å². The Kier molecular flexibility index (Phi) is 5.91. The van der Waals surface area contributed by atoms with Crippen LogP contribution >= 0.6 is 24.4 Å². The first-order chi connectivity index (χ1) is 4.22. The van der Waals surface area contributed by atoms with Crippen molar-refractivity contribution in [3.8, 4) is 0 Å². The summed E-state index contributed by atoms with van der Waals surface area (Å²) in [7, 11) is 0. The third-order valence-electron chi connectivity index (χ3n) is 1.56. The highest BCUT2D eigenvalue weighted by molar-refractivity contribution is 7.98. The van der Waals surface area contributed by atoms with Crippen molar-refractivity contribution in [1.29, 1.82) is 0 Å². The minimum atomic E-state index is 0.787. The van der Waals surface area contributed by atoms with Gasteiger partial charge in [0.05, 0.1) is 0 Å². The lowest BCUT2D eigenvalue weighted by Crippen LogP contribution is -2.12. The molecular weight excluding hydrogens is 148 g/mol. The van der Waals surface area contributed by atoms with E-state index in [1.54, 1.807) is 0 Å². The molecule has 0 saturated heterocycles. The Bertz CT molecular complexity index is 61.9. The van der Waals surface area contributed by atoms with E-state index in [0.717, 1.165) is 17.6 Å². The van der Waals surface area contributed by atoms with E-state index in [1.807, 2.05) is 11.8 Å². The molecule has 0 bridgehead atoms. The zero-order valence-corrected chi connectivity index (χ0v) is 8.14.